The third kappa shape index (κ3) is 2.87. The molecule has 0 unspecified atom stereocenters. The summed E-state index contributed by atoms with van der Waals surface area (Å²) in [4.78, 5) is 15.0. The molecule has 1 aromatic heterocycles. The lowest BCUT2D eigenvalue weighted by molar-refractivity contribution is 0.0702. The van der Waals surface area contributed by atoms with Crippen LogP contribution in [0.4, 0.5) is 10.8 Å². The number of aromatic nitrogens is 1. The molecule has 0 amide bonds. The Kier molecular flexibility index (Phi) is 3.62. The summed E-state index contributed by atoms with van der Waals surface area (Å²) < 4.78 is 0. The first-order valence-corrected chi connectivity index (χ1v) is 6.44. The normalized spacial score (nSPS) is 10.6. The third-order valence-corrected chi connectivity index (χ3v) is 3.42. The molecule has 2 rings (SSSR count). The van der Waals surface area contributed by atoms with Crippen molar-refractivity contribution in [3.8, 4) is 0 Å². The summed E-state index contributed by atoms with van der Waals surface area (Å²) in [7, 11) is 0. The number of nitrogens with one attached hydrogen (secondary N) is 1. The van der Waals surface area contributed by atoms with Gasteiger partial charge in [0.2, 0.25) is 0 Å². The van der Waals surface area contributed by atoms with Crippen LogP contribution < -0.4 is 5.32 Å². The Balaban J connectivity index is 2.17. The number of hydrogen-bond acceptors (Lipinski definition) is 4. The summed E-state index contributed by atoms with van der Waals surface area (Å²) in [6.07, 6.45) is 1.36. The number of nitrogens with zero attached hydrogens (tertiary/aromatic N) is 1. The van der Waals surface area contributed by atoms with E-state index < -0.39 is 5.97 Å². The van der Waals surface area contributed by atoms with Gasteiger partial charge in [0.1, 0.15) is 4.88 Å². The topological polar surface area (TPSA) is 62.2 Å². The molecule has 0 spiro atoms. The average molecular weight is 262 g/mol. The van der Waals surface area contributed by atoms with E-state index >= 15 is 0 Å². The number of aromatic carboxylic acids is 1. The molecule has 0 saturated heterocycles. The van der Waals surface area contributed by atoms with Crippen molar-refractivity contribution in [2.45, 2.75) is 19.8 Å². The first-order valence-electron chi connectivity index (χ1n) is 5.62. The number of rotatable bonds is 4. The smallest absolute Gasteiger partial charge is 0.347 e. The van der Waals surface area contributed by atoms with E-state index in [4.69, 9.17) is 5.11 Å². The van der Waals surface area contributed by atoms with Crippen LogP contribution in [0.15, 0.2) is 30.5 Å². The molecule has 0 aliphatic carbocycles. The second-order valence-electron chi connectivity index (χ2n) is 4.24. The Morgan fingerprint density at radius 1 is 1.44 bits per heavy atom. The minimum absolute atomic E-state index is 0.234. The van der Waals surface area contributed by atoms with Gasteiger partial charge in [-0.15, -0.1) is 0 Å². The molecule has 0 radical (unpaired) electrons. The lowest BCUT2D eigenvalue weighted by Gasteiger charge is -2.08. The molecule has 94 valence electrons. The van der Waals surface area contributed by atoms with Crippen LogP contribution >= 0.6 is 11.3 Å². The van der Waals surface area contributed by atoms with E-state index in [9.17, 15) is 4.79 Å². The Morgan fingerprint density at radius 3 is 2.83 bits per heavy atom. The van der Waals surface area contributed by atoms with Crippen molar-refractivity contribution in [2.24, 2.45) is 0 Å². The fourth-order valence-electron chi connectivity index (χ4n) is 1.53. The molecule has 4 nitrogen and oxygen atoms in total. The molecular weight excluding hydrogens is 248 g/mol. The van der Waals surface area contributed by atoms with Gasteiger partial charge in [-0.2, -0.15) is 0 Å². The van der Waals surface area contributed by atoms with Crippen LogP contribution in [0.2, 0.25) is 0 Å². The minimum atomic E-state index is -0.948. The zero-order valence-electron chi connectivity index (χ0n) is 10.2. The second kappa shape index (κ2) is 5.18. The van der Waals surface area contributed by atoms with Crippen LogP contribution in [-0.4, -0.2) is 16.1 Å². The van der Waals surface area contributed by atoms with Crippen LogP contribution in [0, 0.1) is 0 Å². The van der Waals surface area contributed by atoms with Crippen LogP contribution in [0.25, 0.3) is 0 Å². The number of benzene rings is 1. The average Bonchev–Trinajstić information content (AvgIpc) is 2.78. The van der Waals surface area contributed by atoms with Crippen LogP contribution in [0.3, 0.4) is 0 Å². The minimum Gasteiger partial charge on any atom is -0.477 e. The van der Waals surface area contributed by atoms with E-state index in [1.807, 2.05) is 18.2 Å². The predicted molar refractivity (Wildman–Crippen MR) is 72.9 cm³/mol. The molecular formula is C13H14N2O2S. The maximum Gasteiger partial charge on any atom is 0.347 e. The van der Waals surface area contributed by atoms with E-state index in [2.05, 4.69) is 30.2 Å². The SMILES string of the molecule is CC(C)c1cccc(Nc2ncc(C(=O)O)s2)c1. The highest BCUT2D eigenvalue weighted by Gasteiger charge is 2.08. The van der Waals surface area contributed by atoms with Gasteiger partial charge in [-0.25, -0.2) is 9.78 Å². The molecule has 1 heterocycles. The fraction of sp³-hybridized carbons (Fsp3) is 0.231. The van der Waals surface area contributed by atoms with Crippen LogP contribution in [0.1, 0.15) is 35.0 Å². The Morgan fingerprint density at radius 2 is 2.22 bits per heavy atom. The standard InChI is InChI=1S/C13H14N2O2S/c1-8(2)9-4-3-5-10(6-9)15-13-14-7-11(18-13)12(16)17/h3-8H,1-2H3,(H,14,15)(H,16,17). The van der Waals surface area contributed by atoms with Crippen LogP contribution in [0.5, 0.6) is 0 Å². The van der Waals surface area contributed by atoms with E-state index in [0.717, 1.165) is 17.0 Å². The zero-order valence-corrected chi connectivity index (χ0v) is 11.0. The molecule has 5 heteroatoms. The van der Waals surface area contributed by atoms with E-state index in [0.29, 0.717) is 11.0 Å². The van der Waals surface area contributed by atoms with Gasteiger partial charge >= 0.3 is 5.97 Å². The highest BCUT2D eigenvalue weighted by Crippen LogP contribution is 2.24. The first-order chi connectivity index (χ1) is 8.56. The monoisotopic (exact) mass is 262 g/mol. The van der Waals surface area contributed by atoms with Crippen molar-refractivity contribution in [1.29, 1.82) is 0 Å². The maximum absolute atomic E-state index is 10.8. The van der Waals surface area contributed by atoms with Gasteiger partial charge < -0.3 is 10.4 Å². The maximum atomic E-state index is 10.8. The van der Waals surface area contributed by atoms with Crippen molar-refractivity contribution in [2.75, 3.05) is 5.32 Å². The van der Waals surface area contributed by atoms with Gasteiger partial charge in [0, 0.05) is 5.69 Å². The van der Waals surface area contributed by atoms with Gasteiger partial charge in [0.25, 0.3) is 0 Å². The van der Waals surface area contributed by atoms with Crippen LogP contribution in [-0.2, 0) is 0 Å². The summed E-state index contributed by atoms with van der Waals surface area (Å²) in [5, 5.41) is 12.5. The highest BCUT2D eigenvalue weighted by molar-refractivity contribution is 7.17. The largest absolute Gasteiger partial charge is 0.477 e. The fourth-order valence-corrected chi connectivity index (χ4v) is 2.21. The van der Waals surface area contributed by atoms with Gasteiger partial charge in [-0.1, -0.05) is 37.3 Å². The molecule has 0 fully saturated rings. The van der Waals surface area contributed by atoms with E-state index in [-0.39, 0.29) is 4.88 Å². The number of carboxylic acid groups (broad SMARTS) is 1. The molecule has 0 atom stereocenters. The van der Waals surface area contributed by atoms with Crippen molar-refractivity contribution in [1.82, 2.24) is 4.98 Å². The Hall–Kier alpha value is -1.88. The predicted octanol–water partition coefficient (Wildman–Crippen LogP) is 3.71. The lowest BCUT2D eigenvalue weighted by Crippen LogP contribution is -1.92. The molecule has 2 aromatic rings. The van der Waals surface area contributed by atoms with Gasteiger partial charge in [0.05, 0.1) is 6.20 Å². The lowest BCUT2D eigenvalue weighted by atomic mass is 10.0. The summed E-state index contributed by atoms with van der Waals surface area (Å²) in [6.45, 7) is 4.26. The molecule has 0 bridgehead atoms. The Labute approximate surface area is 109 Å². The number of thiazole rings is 1. The van der Waals surface area contributed by atoms with E-state index in [1.54, 1.807) is 0 Å². The van der Waals surface area contributed by atoms with Crippen molar-refractivity contribution in [3.05, 3.63) is 40.9 Å². The molecule has 18 heavy (non-hydrogen) atoms. The molecule has 0 aliphatic heterocycles. The van der Waals surface area contributed by atoms with Gasteiger partial charge in [-0.3, -0.25) is 0 Å². The molecule has 2 N–H and O–H groups in total. The number of hydrogen-bond donors (Lipinski definition) is 2. The molecule has 0 saturated carbocycles. The highest BCUT2D eigenvalue weighted by atomic mass is 32.1. The third-order valence-electron chi connectivity index (χ3n) is 2.52. The quantitative estimate of drug-likeness (QED) is 0.881. The zero-order chi connectivity index (χ0) is 13.1. The first kappa shape index (κ1) is 12.6. The summed E-state index contributed by atoms with van der Waals surface area (Å²) in [5.74, 6) is -0.492. The Bertz CT molecular complexity index is 564. The number of carboxylic acids is 1. The summed E-state index contributed by atoms with van der Waals surface area (Å²) in [6, 6.07) is 8.03. The van der Waals surface area contributed by atoms with Gasteiger partial charge in [0.15, 0.2) is 5.13 Å². The van der Waals surface area contributed by atoms with Crippen molar-refractivity contribution < 1.29 is 9.90 Å². The summed E-state index contributed by atoms with van der Waals surface area (Å²) in [5.41, 5.74) is 2.16. The van der Waals surface area contributed by atoms with Crippen molar-refractivity contribution >= 4 is 28.1 Å². The van der Waals surface area contributed by atoms with E-state index in [1.165, 1.54) is 11.8 Å². The second-order valence-corrected chi connectivity index (χ2v) is 5.27. The number of carbonyl (C=O) groups is 1. The van der Waals surface area contributed by atoms with Gasteiger partial charge in [-0.05, 0) is 23.6 Å². The number of anilines is 2. The summed E-state index contributed by atoms with van der Waals surface area (Å²) >= 11 is 1.13. The molecule has 1 aromatic carbocycles. The molecule has 0 aliphatic rings. The van der Waals surface area contributed by atoms with Crippen molar-refractivity contribution in [3.63, 3.8) is 0 Å².